The maximum atomic E-state index is 13.1. The quantitative estimate of drug-likeness (QED) is 0.429. The van der Waals surface area contributed by atoms with E-state index in [0.29, 0.717) is 15.8 Å². The predicted molar refractivity (Wildman–Crippen MR) is 113 cm³/mol. The Balaban J connectivity index is 1.71. The molecule has 0 spiro atoms. The Morgan fingerprint density at radius 3 is 2.60 bits per heavy atom. The summed E-state index contributed by atoms with van der Waals surface area (Å²) in [7, 11) is 1.37. The van der Waals surface area contributed by atoms with Gasteiger partial charge in [-0.2, -0.15) is 8.78 Å². The van der Waals surface area contributed by atoms with Crippen LogP contribution in [0.2, 0.25) is 0 Å². The monoisotopic (exact) mass is 428 g/mol. The van der Waals surface area contributed by atoms with Crippen molar-refractivity contribution in [3.8, 4) is 21.9 Å². The van der Waals surface area contributed by atoms with Crippen LogP contribution in [0.5, 0.6) is 11.5 Å². The van der Waals surface area contributed by atoms with Gasteiger partial charge in [-0.3, -0.25) is 9.36 Å². The van der Waals surface area contributed by atoms with Gasteiger partial charge in [0.25, 0.3) is 5.56 Å². The topological polar surface area (TPSA) is 53.4 Å². The van der Waals surface area contributed by atoms with E-state index < -0.39 is 6.61 Å². The third-order valence-electron chi connectivity index (χ3n) is 4.75. The van der Waals surface area contributed by atoms with E-state index in [-0.39, 0.29) is 23.6 Å². The molecule has 8 heteroatoms. The van der Waals surface area contributed by atoms with Crippen molar-refractivity contribution in [2.24, 2.45) is 0 Å². The molecule has 2 aromatic carbocycles. The van der Waals surface area contributed by atoms with Gasteiger partial charge in [-0.05, 0) is 35.7 Å². The molecule has 0 N–H and O–H groups in total. The average Bonchev–Trinajstić information content (AvgIpc) is 3.08. The van der Waals surface area contributed by atoms with Gasteiger partial charge in [-0.15, -0.1) is 11.3 Å². The van der Waals surface area contributed by atoms with Gasteiger partial charge in [-0.25, -0.2) is 4.98 Å². The highest BCUT2D eigenvalue weighted by Gasteiger charge is 2.16. The minimum absolute atomic E-state index is 0.0571. The van der Waals surface area contributed by atoms with E-state index in [0.717, 1.165) is 16.0 Å². The van der Waals surface area contributed by atoms with Crippen LogP contribution in [0.3, 0.4) is 0 Å². The van der Waals surface area contributed by atoms with E-state index in [1.807, 2.05) is 37.3 Å². The normalized spacial score (nSPS) is 11.2. The second-order valence-electron chi connectivity index (χ2n) is 6.64. The lowest BCUT2D eigenvalue weighted by atomic mass is 10.1. The lowest BCUT2D eigenvalue weighted by molar-refractivity contribution is -0.0512. The van der Waals surface area contributed by atoms with Crippen molar-refractivity contribution >= 4 is 21.6 Å². The summed E-state index contributed by atoms with van der Waals surface area (Å²) >= 11 is 1.49. The summed E-state index contributed by atoms with van der Waals surface area (Å²) in [6.45, 7) is -0.795. The Hall–Kier alpha value is -3.26. The molecule has 2 aromatic heterocycles. The zero-order valence-corrected chi connectivity index (χ0v) is 17.1. The van der Waals surface area contributed by atoms with Crippen LogP contribution in [0.25, 0.3) is 20.7 Å². The fourth-order valence-corrected chi connectivity index (χ4v) is 4.48. The number of nitrogens with zero attached hydrogens (tertiary/aromatic N) is 2. The van der Waals surface area contributed by atoms with E-state index in [4.69, 9.17) is 4.74 Å². The van der Waals surface area contributed by atoms with Crippen molar-refractivity contribution in [2.45, 2.75) is 20.1 Å². The summed E-state index contributed by atoms with van der Waals surface area (Å²) in [6, 6.07) is 14.5. The van der Waals surface area contributed by atoms with Crippen LogP contribution in [0, 0.1) is 6.92 Å². The summed E-state index contributed by atoms with van der Waals surface area (Å²) in [5.41, 5.74) is 2.49. The van der Waals surface area contributed by atoms with E-state index in [1.54, 1.807) is 12.1 Å². The molecule has 0 unspecified atom stereocenters. The van der Waals surface area contributed by atoms with Crippen LogP contribution in [-0.4, -0.2) is 23.3 Å². The molecule has 0 aliphatic carbocycles. The zero-order chi connectivity index (χ0) is 21.3. The van der Waals surface area contributed by atoms with Crippen molar-refractivity contribution < 1.29 is 18.3 Å². The Labute approximate surface area is 175 Å². The number of benzene rings is 2. The maximum Gasteiger partial charge on any atom is 0.387 e. The Morgan fingerprint density at radius 2 is 1.90 bits per heavy atom. The van der Waals surface area contributed by atoms with Gasteiger partial charge in [0.1, 0.15) is 4.83 Å². The fourth-order valence-electron chi connectivity index (χ4n) is 3.34. The summed E-state index contributed by atoms with van der Waals surface area (Å²) in [5.74, 6) is 0.117. The minimum atomic E-state index is -2.95. The van der Waals surface area contributed by atoms with Crippen LogP contribution < -0.4 is 15.0 Å². The zero-order valence-electron chi connectivity index (χ0n) is 16.3. The third kappa shape index (κ3) is 3.78. The standard InChI is InChI=1S/C22H18F2N2O3S/c1-13-18-20(30-19(13)15-6-4-3-5-7-15)25-12-26(21(18)27)11-14-8-9-16(29-22(23)24)17(10-14)28-2/h3-10,12,22H,11H2,1-2H3. The molecule has 4 aromatic rings. The minimum Gasteiger partial charge on any atom is -0.493 e. The second-order valence-corrected chi connectivity index (χ2v) is 7.64. The summed E-state index contributed by atoms with van der Waals surface area (Å²) in [4.78, 5) is 19.3. The van der Waals surface area contributed by atoms with Gasteiger partial charge in [0.05, 0.1) is 25.4 Å². The molecule has 0 amide bonds. The summed E-state index contributed by atoms with van der Waals surface area (Å²) in [5, 5.41) is 0.589. The van der Waals surface area contributed by atoms with E-state index in [9.17, 15) is 13.6 Å². The van der Waals surface area contributed by atoms with Crippen molar-refractivity contribution in [3.63, 3.8) is 0 Å². The molecule has 30 heavy (non-hydrogen) atoms. The number of methoxy groups -OCH3 is 1. The molecule has 2 heterocycles. The molecule has 0 aliphatic rings. The number of hydrogen-bond donors (Lipinski definition) is 0. The smallest absolute Gasteiger partial charge is 0.387 e. The number of rotatable bonds is 6. The molecule has 154 valence electrons. The molecule has 0 bridgehead atoms. The summed E-state index contributed by atoms with van der Waals surface area (Å²) in [6.07, 6.45) is 1.51. The molecule has 0 fully saturated rings. The first-order valence-corrected chi connectivity index (χ1v) is 9.95. The summed E-state index contributed by atoms with van der Waals surface area (Å²) < 4.78 is 36.1. The van der Waals surface area contributed by atoms with Crippen LogP contribution in [0.4, 0.5) is 8.78 Å². The van der Waals surface area contributed by atoms with Crippen LogP contribution >= 0.6 is 11.3 Å². The SMILES string of the molecule is COc1cc(Cn2cnc3sc(-c4ccccc4)c(C)c3c2=O)ccc1OC(F)F. The fraction of sp³-hybridized carbons (Fsp3) is 0.182. The van der Waals surface area contributed by atoms with Gasteiger partial charge >= 0.3 is 6.61 Å². The largest absolute Gasteiger partial charge is 0.493 e. The second kappa shape index (κ2) is 8.23. The van der Waals surface area contributed by atoms with Crippen molar-refractivity contribution in [2.75, 3.05) is 7.11 Å². The maximum absolute atomic E-state index is 13.1. The van der Waals surface area contributed by atoms with E-state index in [2.05, 4.69) is 9.72 Å². The van der Waals surface area contributed by atoms with Gasteiger partial charge in [-0.1, -0.05) is 36.4 Å². The van der Waals surface area contributed by atoms with Crippen molar-refractivity contribution in [3.05, 3.63) is 76.3 Å². The number of hydrogen-bond acceptors (Lipinski definition) is 5. The molecular weight excluding hydrogens is 410 g/mol. The number of alkyl halides is 2. The number of ether oxygens (including phenoxy) is 2. The first-order valence-electron chi connectivity index (χ1n) is 9.13. The highest BCUT2D eigenvalue weighted by molar-refractivity contribution is 7.22. The van der Waals surface area contributed by atoms with Gasteiger partial charge < -0.3 is 9.47 Å². The van der Waals surface area contributed by atoms with E-state index >= 15 is 0 Å². The molecule has 5 nitrogen and oxygen atoms in total. The molecule has 0 radical (unpaired) electrons. The molecular formula is C22H18F2N2O3S. The predicted octanol–water partition coefficient (Wildman–Crippen LogP) is 5.09. The van der Waals surface area contributed by atoms with Crippen LogP contribution in [0.1, 0.15) is 11.1 Å². The Kier molecular flexibility index (Phi) is 5.50. The third-order valence-corrected chi connectivity index (χ3v) is 6.00. The first-order chi connectivity index (χ1) is 14.5. The van der Waals surface area contributed by atoms with Crippen molar-refractivity contribution in [1.29, 1.82) is 0 Å². The lowest BCUT2D eigenvalue weighted by Crippen LogP contribution is -2.21. The Morgan fingerprint density at radius 1 is 1.13 bits per heavy atom. The number of thiophene rings is 1. The van der Waals surface area contributed by atoms with Gasteiger partial charge in [0.15, 0.2) is 11.5 Å². The molecule has 4 rings (SSSR count). The van der Waals surface area contributed by atoms with E-state index in [1.165, 1.54) is 35.4 Å². The molecule has 0 saturated carbocycles. The van der Waals surface area contributed by atoms with Crippen LogP contribution in [-0.2, 0) is 6.54 Å². The van der Waals surface area contributed by atoms with Gasteiger partial charge in [0.2, 0.25) is 0 Å². The lowest BCUT2D eigenvalue weighted by Gasteiger charge is -2.12. The van der Waals surface area contributed by atoms with Crippen LogP contribution in [0.15, 0.2) is 59.7 Å². The molecule has 0 aliphatic heterocycles. The highest BCUT2D eigenvalue weighted by atomic mass is 32.1. The average molecular weight is 428 g/mol. The number of aryl methyl sites for hydroxylation is 1. The first kappa shape index (κ1) is 20.0. The number of halogens is 2. The van der Waals surface area contributed by atoms with Crippen molar-refractivity contribution in [1.82, 2.24) is 9.55 Å². The number of aromatic nitrogens is 2. The molecule has 0 saturated heterocycles. The number of fused-ring (bicyclic) bond motifs is 1. The van der Waals surface area contributed by atoms with Gasteiger partial charge in [0, 0.05) is 4.88 Å². The Bertz CT molecular complexity index is 1250. The molecule has 0 atom stereocenters. The highest BCUT2D eigenvalue weighted by Crippen LogP contribution is 2.35.